The van der Waals surface area contributed by atoms with E-state index in [0.717, 1.165) is 5.56 Å². The standard InChI is InChI=1S/C14H12N6O/c15-10-5-3-9(4-6-10)12-13(14(21)20-18-12)19-17-11-2-1-7-16-8-11/h1-8H,15H2,(H2,18,20,21). The predicted molar refractivity (Wildman–Crippen MR) is 79.7 cm³/mol. The summed E-state index contributed by atoms with van der Waals surface area (Å²) in [6, 6.07) is 10.6. The molecule has 0 aliphatic carbocycles. The molecule has 7 heteroatoms. The van der Waals surface area contributed by atoms with Crippen molar-refractivity contribution in [3.05, 3.63) is 59.1 Å². The molecular weight excluding hydrogens is 268 g/mol. The smallest absolute Gasteiger partial charge is 0.292 e. The lowest BCUT2D eigenvalue weighted by atomic mass is 10.1. The average Bonchev–Trinajstić information content (AvgIpc) is 2.88. The van der Waals surface area contributed by atoms with Crippen molar-refractivity contribution >= 4 is 17.1 Å². The molecule has 0 amide bonds. The second-order valence-corrected chi connectivity index (χ2v) is 4.34. The Morgan fingerprint density at radius 2 is 1.86 bits per heavy atom. The average molecular weight is 280 g/mol. The van der Waals surface area contributed by atoms with E-state index in [9.17, 15) is 4.79 Å². The zero-order chi connectivity index (χ0) is 14.7. The monoisotopic (exact) mass is 280 g/mol. The number of benzene rings is 1. The Balaban J connectivity index is 2.00. The fourth-order valence-corrected chi connectivity index (χ4v) is 1.83. The van der Waals surface area contributed by atoms with Gasteiger partial charge in [0.25, 0.3) is 5.56 Å². The normalized spacial score (nSPS) is 11.0. The van der Waals surface area contributed by atoms with Crippen LogP contribution in [0, 0.1) is 0 Å². The minimum absolute atomic E-state index is 0.212. The van der Waals surface area contributed by atoms with Crippen LogP contribution in [0.1, 0.15) is 0 Å². The molecule has 21 heavy (non-hydrogen) atoms. The number of nitrogens with zero attached hydrogens (tertiary/aromatic N) is 3. The van der Waals surface area contributed by atoms with E-state index in [1.165, 1.54) is 0 Å². The van der Waals surface area contributed by atoms with E-state index in [2.05, 4.69) is 25.4 Å². The Morgan fingerprint density at radius 3 is 2.57 bits per heavy atom. The Kier molecular flexibility index (Phi) is 3.30. The van der Waals surface area contributed by atoms with Crippen molar-refractivity contribution in [2.24, 2.45) is 10.2 Å². The number of nitrogens with one attached hydrogen (secondary N) is 2. The minimum Gasteiger partial charge on any atom is -0.399 e. The Morgan fingerprint density at radius 1 is 1.05 bits per heavy atom. The van der Waals surface area contributed by atoms with Crippen LogP contribution in [0.25, 0.3) is 11.3 Å². The summed E-state index contributed by atoms with van der Waals surface area (Å²) in [5, 5.41) is 13.3. The van der Waals surface area contributed by atoms with Crippen LogP contribution >= 0.6 is 0 Å². The number of anilines is 1. The molecule has 0 atom stereocenters. The Hall–Kier alpha value is -3.22. The number of pyridine rings is 1. The molecule has 0 spiro atoms. The Labute approximate surface area is 119 Å². The van der Waals surface area contributed by atoms with Gasteiger partial charge in [-0.1, -0.05) is 12.1 Å². The molecule has 0 bridgehead atoms. The highest BCUT2D eigenvalue weighted by molar-refractivity contribution is 5.72. The zero-order valence-corrected chi connectivity index (χ0v) is 10.9. The van der Waals surface area contributed by atoms with Gasteiger partial charge < -0.3 is 5.73 Å². The second kappa shape index (κ2) is 5.41. The van der Waals surface area contributed by atoms with Gasteiger partial charge in [-0.15, -0.1) is 10.2 Å². The van der Waals surface area contributed by atoms with Crippen LogP contribution in [0.15, 0.2) is 63.8 Å². The van der Waals surface area contributed by atoms with E-state index in [-0.39, 0.29) is 11.2 Å². The molecule has 2 heterocycles. The fourth-order valence-electron chi connectivity index (χ4n) is 1.83. The summed E-state index contributed by atoms with van der Waals surface area (Å²) in [7, 11) is 0. The molecule has 4 N–H and O–H groups in total. The van der Waals surface area contributed by atoms with E-state index >= 15 is 0 Å². The summed E-state index contributed by atoms with van der Waals surface area (Å²) in [4.78, 5) is 15.8. The van der Waals surface area contributed by atoms with Crippen LogP contribution in [0.5, 0.6) is 0 Å². The number of nitrogens with two attached hydrogens (primary N) is 1. The third-order valence-corrected chi connectivity index (χ3v) is 2.86. The molecular formula is C14H12N6O. The van der Waals surface area contributed by atoms with Gasteiger partial charge in [0.2, 0.25) is 0 Å². The summed E-state index contributed by atoms with van der Waals surface area (Å²) in [5.41, 5.74) is 8.10. The summed E-state index contributed by atoms with van der Waals surface area (Å²) in [6.07, 6.45) is 3.20. The van der Waals surface area contributed by atoms with E-state index in [1.54, 1.807) is 48.8 Å². The SMILES string of the molecule is Nc1ccc(-c2[nH][nH]c(=O)c2N=Nc2cccnc2)cc1. The van der Waals surface area contributed by atoms with E-state index in [4.69, 9.17) is 5.73 Å². The topological polar surface area (TPSA) is 112 Å². The number of aromatic amines is 2. The highest BCUT2D eigenvalue weighted by atomic mass is 16.1. The largest absolute Gasteiger partial charge is 0.399 e. The molecule has 3 aromatic rings. The lowest BCUT2D eigenvalue weighted by Gasteiger charge is -1.99. The van der Waals surface area contributed by atoms with Gasteiger partial charge >= 0.3 is 0 Å². The number of rotatable bonds is 3. The first-order chi connectivity index (χ1) is 10.2. The van der Waals surface area contributed by atoms with E-state index in [0.29, 0.717) is 17.1 Å². The maximum Gasteiger partial charge on any atom is 0.292 e. The second-order valence-electron chi connectivity index (χ2n) is 4.34. The van der Waals surface area contributed by atoms with Crippen LogP contribution < -0.4 is 11.3 Å². The lowest BCUT2D eigenvalue weighted by molar-refractivity contribution is 1.06. The third-order valence-electron chi connectivity index (χ3n) is 2.86. The highest BCUT2D eigenvalue weighted by Gasteiger charge is 2.11. The van der Waals surface area contributed by atoms with E-state index < -0.39 is 0 Å². The quantitative estimate of drug-likeness (QED) is 0.506. The summed E-state index contributed by atoms with van der Waals surface area (Å²) in [5.74, 6) is 0. The Bertz CT molecular complexity index is 817. The number of hydrogen-bond acceptors (Lipinski definition) is 5. The molecule has 1 aromatic carbocycles. The highest BCUT2D eigenvalue weighted by Crippen LogP contribution is 2.26. The van der Waals surface area contributed by atoms with Crippen LogP contribution in [0.2, 0.25) is 0 Å². The molecule has 0 fully saturated rings. The summed E-state index contributed by atoms with van der Waals surface area (Å²) < 4.78 is 0. The van der Waals surface area contributed by atoms with Crippen LogP contribution in [-0.2, 0) is 0 Å². The van der Waals surface area contributed by atoms with Gasteiger partial charge in [-0.25, -0.2) is 0 Å². The van der Waals surface area contributed by atoms with Gasteiger partial charge in [0.15, 0.2) is 5.69 Å². The third kappa shape index (κ3) is 2.71. The lowest BCUT2D eigenvalue weighted by Crippen LogP contribution is -1.96. The number of aromatic nitrogens is 3. The van der Waals surface area contributed by atoms with Gasteiger partial charge in [-0.3, -0.25) is 20.0 Å². The van der Waals surface area contributed by atoms with Crippen LogP contribution in [0.3, 0.4) is 0 Å². The van der Waals surface area contributed by atoms with Crippen molar-refractivity contribution in [2.75, 3.05) is 5.73 Å². The predicted octanol–water partition coefficient (Wildman–Crippen LogP) is 2.76. The molecule has 0 aliphatic heterocycles. The first kappa shape index (κ1) is 12.8. The maximum atomic E-state index is 11.8. The minimum atomic E-state index is -0.338. The van der Waals surface area contributed by atoms with Crippen molar-refractivity contribution in [1.82, 2.24) is 15.2 Å². The van der Waals surface area contributed by atoms with Crippen molar-refractivity contribution in [2.45, 2.75) is 0 Å². The zero-order valence-electron chi connectivity index (χ0n) is 10.9. The van der Waals surface area contributed by atoms with Crippen molar-refractivity contribution < 1.29 is 0 Å². The number of azo groups is 1. The van der Waals surface area contributed by atoms with Crippen LogP contribution in [-0.4, -0.2) is 15.2 Å². The first-order valence-corrected chi connectivity index (χ1v) is 6.22. The molecule has 0 saturated carbocycles. The van der Waals surface area contributed by atoms with E-state index in [1.807, 2.05) is 0 Å². The van der Waals surface area contributed by atoms with Gasteiger partial charge in [-0.2, -0.15) is 0 Å². The maximum absolute atomic E-state index is 11.8. The van der Waals surface area contributed by atoms with Crippen molar-refractivity contribution in [1.29, 1.82) is 0 Å². The molecule has 0 radical (unpaired) electrons. The number of H-pyrrole nitrogens is 2. The molecule has 7 nitrogen and oxygen atoms in total. The summed E-state index contributed by atoms with van der Waals surface area (Å²) in [6.45, 7) is 0. The molecule has 0 unspecified atom stereocenters. The van der Waals surface area contributed by atoms with Crippen molar-refractivity contribution in [3.63, 3.8) is 0 Å². The molecule has 0 aliphatic rings. The first-order valence-electron chi connectivity index (χ1n) is 6.22. The molecule has 104 valence electrons. The number of hydrogen-bond donors (Lipinski definition) is 3. The molecule has 3 rings (SSSR count). The van der Waals surface area contributed by atoms with Gasteiger partial charge in [0.05, 0.1) is 11.9 Å². The van der Waals surface area contributed by atoms with Gasteiger partial charge in [-0.05, 0) is 24.3 Å². The summed E-state index contributed by atoms with van der Waals surface area (Å²) >= 11 is 0. The number of nitrogen functional groups attached to an aromatic ring is 1. The molecule has 0 saturated heterocycles. The van der Waals surface area contributed by atoms with Crippen molar-refractivity contribution in [3.8, 4) is 11.3 Å². The van der Waals surface area contributed by atoms with Gasteiger partial charge in [0.1, 0.15) is 5.69 Å². The van der Waals surface area contributed by atoms with Gasteiger partial charge in [0, 0.05) is 17.4 Å². The fraction of sp³-hybridized carbons (Fsp3) is 0. The molecule has 2 aromatic heterocycles. The van der Waals surface area contributed by atoms with Crippen LogP contribution in [0.4, 0.5) is 17.1 Å².